The molecule has 1 unspecified atom stereocenters. The monoisotopic (exact) mass is 362 g/mol. The number of ether oxygens (including phenoxy) is 1. The van der Waals surface area contributed by atoms with Crippen LogP contribution in [0.1, 0.15) is 13.8 Å². The Kier molecular flexibility index (Phi) is 5.76. The zero-order chi connectivity index (χ0) is 18.4. The highest BCUT2D eigenvalue weighted by molar-refractivity contribution is 7.90. The Labute approximate surface area is 146 Å². The van der Waals surface area contributed by atoms with Gasteiger partial charge in [0.2, 0.25) is 5.91 Å². The number of carbonyl (C=O) groups excluding carboxylic acids is 2. The number of sulfonamides is 1. The standard InChI is InChI=1S/C17H18N2O5S/c1-12(24-15-6-4-3-5-7-15)17(21)18-14-8-10-16(11-9-14)25(22,23)19-13(2)20/h3-12H,1-2H3,(H,18,21)(H,19,20). The van der Waals surface area contributed by atoms with E-state index < -0.39 is 22.0 Å². The predicted octanol–water partition coefficient (Wildman–Crippen LogP) is 1.92. The third-order valence-electron chi connectivity index (χ3n) is 3.14. The van der Waals surface area contributed by atoms with Crippen molar-refractivity contribution in [3.63, 3.8) is 0 Å². The molecule has 2 amide bonds. The maximum absolute atomic E-state index is 12.1. The summed E-state index contributed by atoms with van der Waals surface area (Å²) in [5.74, 6) is -0.479. The van der Waals surface area contributed by atoms with Gasteiger partial charge in [0, 0.05) is 12.6 Å². The normalized spacial score (nSPS) is 12.1. The summed E-state index contributed by atoms with van der Waals surface area (Å²) in [6.45, 7) is 2.72. The molecule has 0 heterocycles. The van der Waals surface area contributed by atoms with Gasteiger partial charge in [0.05, 0.1) is 4.90 Å². The van der Waals surface area contributed by atoms with E-state index in [0.717, 1.165) is 6.92 Å². The van der Waals surface area contributed by atoms with Crippen LogP contribution >= 0.6 is 0 Å². The quantitative estimate of drug-likeness (QED) is 0.817. The van der Waals surface area contributed by atoms with Crippen molar-refractivity contribution >= 4 is 27.5 Å². The second kappa shape index (κ2) is 7.80. The first-order valence-electron chi connectivity index (χ1n) is 7.44. The molecule has 0 aliphatic heterocycles. The number of anilines is 1. The summed E-state index contributed by atoms with van der Waals surface area (Å²) in [4.78, 5) is 23.0. The predicted molar refractivity (Wildman–Crippen MR) is 92.6 cm³/mol. The van der Waals surface area contributed by atoms with Crippen molar-refractivity contribution in [1.82, 2.24) is 4.72 Å². The Bertz CT molecular complexity index is 848. The van der Waals surface area contributed by atoms with E-state index in [1.54, 1.807) is 31.2 Å². The van der Waals surface area contributed by atoms with Crippen molar-refractivity contribution in [3.8, 4) is 5.75 Å². The second-order valence-corrected chi connectivity index (χ2v) is 6.93. The SMILES string of the molecule is CC(=O)NS(=O)(=O)c1ccc(NC(=O)C(C)Oc2ccccc2)cc1. The minimum atomic E-state index is -3.90. The summed E-state index contributed by atoms with van der Waals surface area (Å²) in [7, 11) is -3.90. The zero-order valence-electron chi connectivity index (χ0n) is 13.7. The molecule has 2 N–H and O–H groups in total. The fraction of sp³-hybridized carbons (Fsp3) is 0.176. The molecule has 2 aromatic rings. The topological polar surface area (TPSA) is 102 Å². The minimum absolute atomic E-state index is 0.0747. The molecule has 0 fully saturated rings. The highest BCUT2D eigenvalue weighted by Gasteiger charge is 2.17. The molecule has 2 rings (SSSR count). The van der Waals surface area contributed by atoms with Gasteiger partial charge in [0.15, 0.2) is 6.10 Å². The van der Waals surface area contributed by atoms with Crippen LogP contribution in [0.4, 0.5) is 5.69 Å². The molecule has 0 radical (unpaired) electrons. The van der Waals surface area contributed by atoms with Gasteiger partial charge in [-0.05, 0) is 43.3 Å². The molecule has 0 aliphatic carbocycles. The van der Waals surface area contributed by atoms with Gasteiger partial charge in [-0.2, -0.15) is 0 Å². The average molecular weight is 362 g/mol. The Morgan fingerprint density at radius 3 is 2.16 bits per heavy atom. The summed E-state index contributed by atoms with van der Waals surface area (Å²) < 4.78 is 31.1. The first-order chi connectivity index (χ1) is 11.8. The molecule has 7 nitrogen and oxygen atoms in total. The molecule has 2 aromatic carbocycles. The summed E-state index contributed by atoms with van der Waals surface area (Å²) in [6.07, 6.45) is -0.731. The van der Waals surface area contributed by atoms with Crippen LogP contribution in [-0.4, -0.2) is 26.3 Å². The number of amides is 2. The van der Waals surface area contributed by atoms with Crippen LogP contribution in [-0.2, 0) is 19.6 Å². The molecule has 0 aromatic heterocycles. The van der Waals surface area contributed by atoms with Crippen molar-refractivity contribution in [3.05, 3.63) is 54.6 Å². The molecule has 8 heteroatoms. The molecule has 0 saturated heterocycles. The Morgan fingerprint density at radius 2 is 1.60 bits per heavy atom. The number of hydrogen-bond donors (Lipinski definition) is 2. The van der Waals surface area contributed by atoms with Crippen LogP contribution in [0, 0.1) is 0 Å². The van der Waals surface area contributed by atoms with Crippen LogP contribution in [0.25, 0.3) is 0 Å². The van der Waals surface area contributed by atoms with Gasteiger partial charge in [-0.25, -0.2) is 13.1 Å². The molecule has 1 atom stereocenters. The van der Waals surface area contributed by atoms with Crippen LogP contribution < -0.4 is 14.8 Å². The summed E-state index contributed by atoms with van der Waals surface area (Å²) >= 11 is 0. The molecule has 0 spiro atoms. The van der Waals surface area contributed by atoms with E-state index >= 15 is 0 Å². The molecule has 132 valence electrons. The number of benzene rings is 2. The molecular weight excluding hydrogens is 344 g/mol. The molecule has 25 heavy (non-hydrogen) atoms. The lowest BCUT2D eigenvalue weighted by molar-refractivity contribution is -0.122. The van der Waals surface area contributed by atoms with Crippen molar-refractivity contribution in [1.29, 1.82) is 0 Å². The van der Waals surface area contributed by atoms with Gasteiger partial charge in [0.25, 0.3) is 15.9 Å². The largest absolute Gasteiger partial charge is 0.481 e. The van der Waals surface area contributed by atoms with E-state index in [1.807, 2.05) is 10.8 Å². The number of carbonyl (C=O) groups is 2. The van der Waals surface area contributed by atoms with Crippen LogP contribution in [0.15, 0.2) is 59.5 Å². The maximum Gasteiger partial charge on any atom is 0.265 e. The number of para-hydroxylation sites is 1. The fourth-order valence-corrected chi connectivity index (χ4v) is 2.96. The van der Waals surface area contributed by atoms with Crippen molar-refractivity contribution in [2.24, 2.45) is 0 Å². The molecule has 0 bridgehead atoms. The Balaban J connectivity index is 2.01. The number of nitrogens with one attached hydrogen (secondary N) is 2. The fourth-order valence-electron chi connectivity index (χ4n) is 1.97. The number of rotatable bonds is 6. The van der Waals surface area contributed by atoms with E-state index in [2.05, 4.69) is 5.32 Å². The minimum Gasteiger partial charge on any atom is -0.481 e. The van der Waals surface area contributed by atoms with Gasteiger partial charge < -0.3 is 10.1 Å². The number of hydrogen-bond acceptors (Lipinski definition) is 5. The Morgan fingerprint density at radius 1 is 1.00 bits per heavy atom. The maximum atomic E-state index is 12.1. The first-order valence-corrected chi connectivity index (χ1v) is 8.92. The van der Waals surface area contributed by atoms with Gasteiger partial charge in [-0.15, -0.1) is 0 Å². The van der Waals surface area contributed by atoms with Crippen molar-refractivity contribution in [2.75, 3.05) is 5.32 Å². The van der Waals surface area contributed by atoms with Gasteiger partial charge in [-0.1, -0.05) is 18.2 Å². The Hall–Kier alpha value is -2.87. The molecule has 0 saturated carbocycles. The van der Waals surface area contributed by atoms with Crippen LogP contribution in [0.3, 0.4) is 0 Å². The lowest BCUT2D eigenvalue weighted by atomic mass is 10.3. The van der Waals surface area contributed by atoms with E-state index in [-0.39, 0.29) is 10.8 Å². The molecular formula is C17H18N2O5S. The second-order valence-electron chi connectivity index (χ2n) is 5.25. The lowest BCUT2D eigenvalue weighted by Gasteiger charge is -2.15. The van der Waals surface area contributed by atoms with Gasteiger partial charge >= 0.3 is 0 Å². The highest BCUT2D eigenvalue weighted by Crippen LogP contribution is 2.15. The lowest BCUT2D eigenvalue weighted by Crippen LogP contribution is -2.30. The third-order valence-corrected chi connectivity index (χ3v) is 4.58. The highest BCUT2D eigenvalue weighted by atomic mass is 32.2. The van der Waals surface area contributed by atoms with E-state index in [4.69, 9.17) is 4.74 Å². The smallest absolute Gasteiger partial charge is 0.265 e. The van der Waals surface area contributed by atoms with Crippen LogP contribution in [0.2, 0.25) is 0 Å². The van der Waals surface area contributed by atoms with E-state index in [9.17, 15) is 18.0 Å². The zero-order valence-corrected chi connectivity index (χ0v) is 14.5. The van der Waals surface area contributed by atoms with Gasteiger partial charge in [-0.3, -0.25) is 9.59 Å². The van der Waals surface area contributed by atoms with Crippen molar-refractivity contribution < 1.29 is 22.7 Å². The van der Waals surface area contributed by atoms with Crippen LogP contribution in [0.5, 0.6) is 5.75 Å². The first kappa shape index (κ1) is 18.5. The summed E-state index contributed by atoms with van der Waals surface area (Å²) in [6, 6.07) is 14.4. The summed E-state index contributed by atoms with van der Waals surface area (Å²) in [5.41, 5.74) is 0.412. The molecule has 0 aliphatic rings. The summed E-state index contributed by atoms with van der Waals surface area (Å²) in [5, 5.41) is 2.64. The van der Waals surface area contributed by atoms with E-state index in [1.165, 1.54) is 24.3 Å². The third kappa shape index (κ3) is 5.32. The van der Waals surface area contributed by atoms with E-state index in [0.29, 0.717) is 11.4 Å². The van der Waals surface area contributed by atoms with Gasteiger partial charge in [0.1, 0.15) is 5.75 Å². The van der Waals surface area contributed by atoms with Crippen molar-refractivity contribution in [2.45, 2.75) is 24.8 Å². The average Bonchev–Trinajstić information content (AvgIpc) is 2.55.